The van der Waals surface area contributed by atoms with Crippen LogP contribution in [0, 0.1) is 6.92 Å². The van der Waals surface area contributed by atoms with Crippen molar-refractivity contribution in [3.63, 3.8) is 0 Å². The predicted molar refractivity (Wildman–Crippen MR) is 71.6 cm³/mol. The van der Waals surface area contributed by atoms with E-state index in [0.29, 0.717) is 18.8 Å². The van der Waals surface area contributed by atoms with E-state index in [1.165, 1.54) is 12.1 Å². The highest BCUT2D eigenvalue weighted by atomic mass is 35.5. The first-order valence-electron chi connectivity index (χ1n) is 5.58. The average Bonchev–Trinajstić information content (AvgIpc) is 2.29. The first kappa shape index (κ1) is 15.0. The topological polar surface area (TPSA) is 63.2 Å². The molecule has 0 aliphatic rings. The van der Waals surface area contributed by atoms with E-state index in [1.54, 1.807) is 12.1 Å². The Balaban J connectivity index is 2.64. The molecule has 18 heavy (non-hydrogen) atoms. The van der Waals surface area contributed by atoms with Crippen LogP contribution < -0.4 is 5.32 Å². The van der Waals surface area contributed by atoms with E-state index < -0.39 is 21.5 Å². The molecule has 0 bridgehead atoms. The minimum Gasteiger partial charge on any atom is -0.355 e. The number of amides is 1. The number of hydrogen-bond donors (Lipinski definition) is 1. The molecule has 1 aromatic carbocycles. The molecular formula is C12H16ClNO3S. The SMILES string of the molecule is Cc1ccc(S(=O)(=O)CC(=O)NCCCCl)cc1. The van der Waals surface area contributed by atoms with Crippen molar-refractivity contribution < 1.29 is 13.2 Å². The zero-order valence-corrected chi connectivity index (χ0v) is 11.7. The molecule has 1 amide bonds. The van der Waals surface area contributed by atoms with Crippen LogP contribution in [0.3, 0.4) is 0 Å². The fourth-order valence-electron chi connectivity index (χ4n) is 1.35. The summed E-state index contributed by atoms with van der Waals surface area (Å²) in [6.45, 7) is 2.26. The molecule has 100 valence electrons. The summed E-state index contributed by atoms with van der Waals surface area (Å²) < 4.78 is 23.8. The lowest BCUT2D eigenvalue weighted by atomic mass is 10.2. The Labute approximate surface area is 112 Å². The monoisotopic (exact) mass is 289 g/mol. The van der Waals surface area contributed by atoms with Crippen LogP contribution in [0.4, 0.5) is 0 Å². The van der Waals surface area contributed by atoms with Crippen molar-refractivity contribution in [1.82, 2.24) is 5.32 Å². The Bertz CT molecular complexity index is 497. The molecule has 0 fully saturated rings. The largest absolute Gasteiger partial charge is 0.355 e. The van der Waals surface area contributed by atoms with Gasteiger partial charge in [-0.1, -0.05) is 17.7 Å². The Morgan fingerprint density at radius 1 is 1.28 bits per heavy atom. The first-order chi connectivity index (χ1) is 8.45. The summed E-state index contributed by atoms with van der Waals surface area (Å²) in [5.74, 6) is -0.593. The molecule has 1 rings (SSSR count). The molecule has 0 aliphatic carbocycles. The standard InChI is InChI=1S/C12H16ClNO3S/c1-10-3-5-11(6-4-10)18(16,17)9-12(15)14-8-2-7-13/h3-6H,2,7-9H2,1H3,(H,14,15). The van der Waals surface area contributed by atoms with Crippen molar-refractivity contribution >= 4 is 27.3 Å². The maximum Gasteiger partial charge on any atom is 0.235 e. The van der Waals surface area contributed by atoms with Crippen molar-refractivity contribution in [3.05, 3.63) is 29.8 Å². The third-order valence-electron chi connectivity index (χ3n) is 2.33. The molecule has 0 atom stereocenters. The third-order valence-corrected chi connectivity index (χ3v) is 4.23. The van der Waals surface area contributed by atoms with Gasteiger partial charge in [0, 0.05) is 12.4 Å². The van der Waals surface area contributed by atoms with Crippen LogP contribution in [0.2, 0.25) is 0 Å². The molecule has 0 saturated carbocycles. The van der Waals surface area contributed by atoms with Gasteiger partial charge in [0.15, 0.2) is 9.84 Å². The lowest BCUT2D eigenvalue weighted by Gasteiger charge is -2.06. The Kier molecular flexibility index (Phi) is 5.62. The summed E-state index contributed by atoms with van der Waals surface area (Å²) in [4.78, 5) is 11.6. The number of sulfone groups is 1. The van der Waals surface area contributed by atoms with E-state index in [4.69, 9.17) is 11.6 Å². The summed E-state index contributed by atoms with van der Waals surface area (Å²) in [7, 11) is -3.56. The van der Waals surface area contributed by atoms with Crippen molar-refractivity contribution in [2.24, 2.45) is 0 Å². The van der Waals surface area contributed by atoms with Crippen LogP contribution in [-0.4, -0.2) is 32.5 Å². The van der Waals surface area contributed by atoms with Gasteiger partial charge in [-0.05, 0) is 25.5 Å². The molecule has 0 heterocycles. The summed E-state index contributed by atoms with van der Waals surface area (Å²) >= 11 is 5.46. The van der Waals surface area contributed by atoms with Crippen molar-refractivity contribution in [2.75, 3.05) is 18.2 Å². The quantitative estimate of drug-likeness (QED) is 0.638. The normalized spacial score (nSPS) is 11.2. The van der Waals surface area contributed by atoms with Crippen LogP contribution in [0.25, 0.3) is 0 Å². The lowest BCUT2D eigenvalue weighted by molar-refractivity contribution is -0.118. The van der Waals surface area contributed by atoms with Crippen LogP contribution in [0.5, 0.6) is 0 Å². The Hall–Kier alpha value is -1.07. The van der Waals surface area contributed by atoms with Gasteiger partial charge in [-0.3, -0.25) is 4.79 Å². The molecule has 4 nitrogen and oxygen atoms in total. The molecule has 0 aromatic heterocycles. The van der Waals surface area contributed by atoms with E-state index in [2.05, 4.69) is 5.32 Å². The highest BCUT2D eigenvalue weighted by molar-refractivity contribution is 7.92. The average molecular weight is 290 g/mol. The third kappa shape index (κ3) is 4.66. The predicted octanol–water partition coefficient (Wildman–Crippen LogP) is 1.51. The lowest BCUT2D eigenvalue weighted by Crippen LogP contribution is -2.31. The highest BCUT2D eigenvalue weighted by Crippen LogP contribution is 2.11. The second-order valence-corrected chi connectivity index (χ2v) is 6.33. The van der Waals surface area contributed by atoms with Crippen LogP contribution in [0.1, 0.15) is 12.0 Å². The summed E-state index contributed by atoms with van der Waals surface area (Å²) in [5, 5.41) is 2.52. The van der Waals surface area contributed by atoms with Gasteiger partial charge in [0.2, 0.25) is 5.91 Å². The summed E-state index contributed by atoms with van der Waals surface area (Å²) in [6, 6.07) is 6.43. The van der Waals surface area contributed by atoms with E-state index in [0.717, 1.165) is 5.56 Å². The Morgan fingerprint density at radius 3 is 2.44 bits per heavy atom. The molecule has 1 aromatic rings. The fraction of sp³-hybridized carbons (Fsp3) is 0.417. The van der Waals surface area contributed by atoms with Crippen molar-refractivity contribution in [2.45, 2.75) is 18.2 Å². The van der Waals surface area contributed by atoms with E-state index in [9.17, 15) is 13.2 Å². The van der Waals surface area contributed by atoms with E-state index >= 15 is 0 Å². The van der Waals surface area contributed by atoms with Gasteiger partial charge >= 0.3 is 0 Å². The molecule has 0 spiro atoms. The van der Waals surface area contributed by atoms with Gasteiger partial charge in [0.25, 0.3) is 0 Å². The molecule has 0 saturated heterocycles. The van der Waals surface area contributed by atoms with Gasteiger partial charge in [-0.25, -0.2) is 8.42 Å². The van der Waals surface area contributed by atoms with Crippen molar-refractivity contribution in [1.29, 1.82) is 0 Å². The number of nitrogens with one attached hydrogen (secondary N) is 1. The number of alkyl halides is 1. The molecule has 0 radical (unpaired) electrons. The summed E-state index contributed by atoms with van der Waals surface area (Å²) in [6.07, 6.45) is 0.623. The zero-order chi connectivity index (χ0) is 13.6. The van der Waals surface area contributed by atoms with Gasteiger partial charge in [-0.15, -0.1) is 11.6 Å². The van der Waals surface area contributed by atoms with Crippen LogP contribution >= 0.6 is 11.6 Å². The van der Waals surface area contributed by atoms with Gasteiger partial charge in [0.05, 0.1) is 4.90 Å². The number of halogens is 1. The number of hydrogen-bond acceptors (Lipinski definition) is 3. The number of rotatable bonds is 6. The second kappa shape index (κ2) is 6.75. The van der Waals surface area contributed by atoms with Crippen LogP contribution in [-0.2, 0) is 14.6 Å². The van der Waals surface area contributed by atoms with Crippen molar-refractivity contribution in [3.8, 4) is 0 Å². The number of benzene rings is 1. The highest BCUT2D eigenvalue weighted by Gasteiger charge is 2.18. The smallest absolute Gasteiger partial charge is 0.235 e. The zero-order valence-electron chi connectivity index (χ0n) is 10.1. The fourth-order valence-corrected chi connectivity index (χ4v) is 2.65. The molecule has 1 N–H and O–H groups in total. The number of carbonyl (C=O) groups excluding carboxylic acids is 1. The molecule has 0 aliphatic heterocycles. The Morgan fingerprint density at radius 2 is 1.89 bits per heavy atom. The first-order valence-corrected chi connectivity index (χ1v) is 7.76. The van der Waals surface area contributed by atoms with Crippen LogP contribution in [0.15, 0.2) is 29.2 Å². The van der Waals surface area contributed by atoms with E-state index in [-0.39, 0.29) is 4.90 Å². The second-order valence-electron chi connectivity index (χ2n) is 3.96. The maximum atomic E-state index is 11.9. The number of carbonyl (C=O) groups is 1. The van der Waals surface area contributed by atoms with E-state index in [1.807, 2.05) is 6.92 Å². The minimum absolute atomic E-state index is 0.167. The summed E-state index contributed by atoms with van der Waals surface area (Å²) in [5.41, 5.74) is 0.973. The molecule has 0 unspecified atom stereocenters. The van der Waals surface area contributed by atoms with Gasteiger partial charge in [-0.2, -0.15) is 0 Å². The molecule has 6 heteroatoms. The van der Waals surface area contributed by atoms with Gasteiger partial charge in [0.1, 0.15) is 5.75 Å². The van der Waals surface area contributed by atoms with Gasteiger partial charge < -0.3 is 5.32 Å². The molecular weight excluding hydrogens is 274 g/mol. The minimum atomic E-state index is -3.56. The maximum absolute atomic E-state index is 11.9. The number of aryl methyl sites for hydroxylation is 1.